The largest absolute Gasteiger partial charge is 0.489 e. The molecule has 2 nitrogen and oxygen atoms in total. The molecule has 4 heteroatoms. The van der Waals surface area contributed by atoms with Crippen molar-refractivity contribution in [2.75, 3.05) is 13.1 Å². The number of piperidine rings is 1. The van der Waals surface area contributed by atoms with E-state index in [2.05, 4.69) is 31.3 Å². The minimum absolute atomic E-state index is 0.301. The zero-order valence-electron chi connectivity index (χ0n) is 15.3. The van der Waals surface area contributed by atoms with E-state index in [-0.39, 0.29) is 0 Å². The molecule has 1 fully saturated rings. The average molecular weight is 390 g/mol. The Bertz CT molecular complexity index is 816. The Morgan fingerprint density at radius 2 is 1.96 bits per heavy atom. The van der Waals surface area contributed by atoms with Crippen LogP contribution in [0.1, 0.15) is 56.1 Å². The van der Waals surface area contributed by atoms with E-state index in [4.69, 9.17) is 27.9 Å². The van der Waals surface area contributed by atoms with E-state index in [0.717, 1.165) is 43.7 Å². The predicted octanol–water partition coefficient (Wildman–Crippen LogP) is 6.40. The molecule has 0 aromatic heterocycles. The number of benzene rings is 2. The van der Waals surface area contributed by atoms with Gasteiger partial charge in [-0.25, -0.2) is 0 Å². The highest BCUT2D eigenvalue weighted by Gasteiger charge is 2.38. The zero-order chi connectivity index (χ0) is 18.3. The van der Waals surface area contributed by atoms with E-state index >= 15 is 0 Å². The minimum Gasteiger partial charge on any atom is -0.489 e. The first kappa shape index (κ1) is 18.2. The average Bonchev–Trinajstić information content (AvgIpc) is 3.01. The van der Waals surface area contributed by atoms with E-state index < -0.39 is 0 Å². The molecule has 2 aliphatic rings. The van der Waals surface area contributed by atoms with Crippen molar-refractivity contribution in [3.8, 4) is 16.9 Å². The maximum absolute atomic E-state index is 6.52. The van der Waals surface area contributed by atoms with Gasteiger partial charge in [-0.1, -0.05) is 43.1 Å². The Hall–Kier alpha value is -1.22. The van der Waals surface area contributed by atoms with Crippen molar-refractivity contribution in [3.05, 3.63) is 51.5 Å². The lowest BCUT2D eigenvalue weighted by molar-refractivity contribution is 0.170. The smallest absolute Gasteiger partial charge is 0.126 e. The van der Waals surface area contributed by atoms with Gasteiger partial charge in [-0.3, -0.25) is 0 Å². The molecule has 138 valence electrons. The third kappa shape index (κ3) is 3.13. The Labute approximate surface area is 165 Å². The monoisotopic (exact) mass is 389 g/mol. The Morgan fingerprint density at radius 3 is 2.69 bits per heavy atom. The normalized spacial score (nSPS) is 21.4. The fourth-order valence-corrected chi connectivity index (χ4v) is 4.95. The van der Waals surface area contributed by atoms with Gasteiger partial charge in [0.05, 0.1) is 0 Å². The predicted molar refractivity (Wildman–Crippen MR) is 110 cm³/mol. The summed E-state index contributed by atoms with van der Waals surface area (Å²) < 4.78 is 6.47. The van der Waals surface area contributed by atoms with Gasteiger partial charge >= 0.3 is 0 Å². The van der Waals surface area contributed by atoms with Gasteiger partial charge < -0.3 is 10.1 Å². The zero-order valence-corrected chi connectivity index (χ0v) is 16.8. The molecule has 2 heterocycles. The number of rotatable bonds is 4. The highest BCUT2D eigenvalue weighted by molar-refractivity contribution is 6.36. The molecule has 1 N–H and O–H groups in total. The van der Waals surface area contributed by atoms with Gasteiger partial charge in [0, 0.05) is 33.6 Å². The van der Waals surface area contributed by atoms with Crippen LogP contribution in [0, 0.1) is 0 Å². The molecule has 2 atom stereocenters. The summed E-state index contributed by atoms with van der Waals surface area (Å²) in [5, 5.41) is 4.89. The number of nitrogens with one attached hydrogen (secondary N) is 1. The molecular formula is C22H25Cl2NO. The standard InChI is InChI=1S/C22H25Cl2NO/c1-3-13(4-2)17-9-14(16-6-5-15(23)11-20(16)24)10-18-19-12-25-8-7-21(19)26-22(17)18/h5-6,9-11,13,19,21,25H,3-4,7-8,12H2,1-2H3. The van der Waals surface area contributed by atoms with Crippen LogP contribution in [0.2, 0.25) is 10.0 Å². The van der Waals surface area contributed by atoms with Crippen molar-refractivity contribution in [2.45, 2.75) is 51.0 Å². The molecule has 0 bridgehead atoms. The Morgan fingerprint density at radius 1 is 1.15 bits per heavy atom. The minimum atomic E-state index is 0.301. The van der Waals surface area contributed by atoms with E-state index in [9.17, 15) is 0 Å². The molecule has 0 amide bonds. The van der Waals surface area contributed by atoms with E-state index in [1.54, 1.807) is 0 Å². The molecule has 26 heavy (non-hydrogen) atoms. The Kier molecular flexibility index (Phi) is 5.18. The van der Waals surface area contributed by atoms with Gasteiger partial charge in [0.15, 0.2) is 0 Å². The van der Waals surface area contributed by atoms with Crippen LogP contribution in [0.15, 0.2) is 30.3 Å². The summed E-state index contributed by atoms with van der Waals surface area (Å²) in [4.78, 5) is 0. The summed E-state index contributed by atoms with van der Waals surface area (Å²) in [6.07, 6.45) is 3.59. The summed E-state index contributed by atoms with van der Waals surface area (Å²) in [5.74, 6) is 2.06. The van der Waals surface area contributed by atoms with Crippen LogP contribution >= 0.6 is 23.2 Å². The van der Waals surface area contributed by atoms with Crippen LogP contribution in [0.25, 0.3) is 11.1 Å². The molecule has 0 saturated carbocycles. The van der Waals surface area contributed by atoms with Crippen molar-refractivity contribution in [2.24, 2.45) is 0 Å². The first-order valence-electron chi connectivity index (χ1n) is 9.63. The molecule has 0 aliphatic carbocycles. The number of fused-ring (bicyclic) bond motifs is 3. The lowest BCUT2D eigenvalue weighted by atomic mass is 9.84. The molecule has 1 saturated heterocycles. The fourth-order valence-electron chi connectivity index (χ4n) is 4.43. The van der Waals surface area contributed by atoms with Crippen molar-refractivity contribution >= 4 is 23.2 Å². The molecule has 0 spiro atoms. The second kappa shape index (κ2) is 7.42. The third-order valence-corrected chi connectivity index (χ3v) is 6.45. The lowest BCUT2D eigenvalue weighted by Gasteiger charge is -2.25. The van der Waals surface area contributed by atoms with Crippen LogP contribution in [0.3, 0.4) is 0 Å². The molecule has 2 aromatic carbocycles. The van der Waals surface area contributed by atoms with Gasteiger partial charge in [0.1, 0.15) is 11.9 Å². The van der Waals surface area contributed by atoms with Crippen LogP contribution in [0.5, 0.6) is 5.75 Å². The highest BCUT2D eigenvalue weighted by Crippen LogP contribution is 2.48. The molecule has 2 aromatic rings. The van der Waals surface area contributed by atoms with Crippen LogP contribution in [0.4, 0.5) is 0 Å². The number of halogens is 2. The lowest BCUT2D eigenvalue weighted by Crippen LogP contribution is -2.37. The molecule has 4 rings (SSSR count). The maximum atomic E-state index is 6.52. The van der Waals surface area contributed by atoms with Gasteiger partial charge in [0.2, 0.25) is 0 Å². The van der Waals surface area contributed by atoms with Gasteiger partial charge in [-0.05, 0) is 67.1 Å². The summed E-state index contributed by atoms with van der Waals surface area (Å²) in [7, 11) is 0. The number of ether oxygens (including phenoxy) is 1. The van der Waals surface area contributed by atoms with Crippen molar-refractivity contribution in [3.63, 3.8) is 0 Å². The van der Waals surface area contributed by atoms with Crippen LogP contribution in [-0.4, -0.2) is 19.2 Å². The molecule has 2 unspecified atom stereocenters. The van der Waals surface area contributed by atoms with Crippen molar-refractivity contribution in [1.82, 2.24) is 5.32 Å². The highest BCUT2D eigenvalue weighted by atomic mass is 35.5. The summed E-state index contributed by atoms with van der Waals surface area (Å²) >= 11 is 12.6. The first-order chi connectivity index (χ1) is 12.6. The van der Waals surface area contributed by atoms with Gasteiger partial charge in [0.25, 0.3) is 0 Å². The van der Waals surface area contributed by atoms with Gasteiger partial charge in [-0.2, -0.15) is 0 Å². The first-order valence-corrected chi connectivity index (χ1v) is 10.4. The van der Waals surface area contributed by atoms with E-state index in [1.165, 1.54) is 16.7 Å². The van der Waals surface area contributed by atoms with Crippen molar-refractivity contribution < 1.29 is 4.74 Å². The second-order valence-electron chi connectivity index (χ2n) is 7.38. The fraction of sp³-hybridized carbons (Fsp3) is 0.455. The summed E-state index contributed by atoms with van der Waals surface area (Å²) in [5.41, 5.74) is 4.89. The van der Waals surface area contributed by atoms with E-state index in [0.29, 0.717) is 28.0 Å². The van der Waals surface area contributed by atoms with Crippen molar-refractivity contribution in [1.29, 1.82) is 0 Å². The SMILES string of the molecule is CCC(CC)c1cc(-c2ccc(Cl)cc2Cl)cc2c1OC1CCNCC21. The maximum Gasteiger partial charge on any atom is 0.126 e. The third-order valence-electron chi connectivity index (χ3n) is 5.90. The van der Waals surface area contributed by atoms with Crippen LogP contribution < -0.4 is 10.1 Å². The summed E-state index contributed by atoms with van der Waals surface area (Å²) in [6.45, 7) is 6.53. The summed E-state index contributed by atoms with van der Waals surface area (Å²) in [6, 6.07) is 10.3. The van der Waals surface area contributed by atoms with E-state index in [1.807, 2.05) is 18.2 Å². The molecule has 2 aliphatic heterocycles. The quantitative estimate of drug-likeness (QED) is 0.652. The Balaban J connectivity index is 1.88. The molecule has 0 radical (unpaired) electrons. The number of hydrogen-bond donors (Lipinski definition) is 1. The van der Waals surface area contributed by atoms with Crippen LogP contribution in [-0.2, 0) is 0 Å². The van der Waals surface area contributed by atoms with Gasteiger partial charge in [-0.15, -0.1) is 0 Å². The second-order valence-corrected chi connectivity index (χ2v) is 8.22. The molecular weight excluding hydrogens is 365 g/mol. The topological polar surface area (TPSA) is 21.3 Å². The number of hydrogen-bond acceptors (Lipinski definition) is 2.